The molecule has 510 valence electrons. The highest BCUT2D eigenvalue weighted by Gasteiger charge is 2.26. The van der Waals surface area contributed by atoms with Gasteiger partial charge < -0.3 is 52.5 Å². The molecule has 2 aliphatic rings. The topological polar surface area (TPSA) is 336 Å². The average molecular weight is 1480 g/mol. The van der Waals surface area contributed by atoms with Gasteiger partial charge in [-0.05, 0) is 195 Å². The molecule has 0 bridgehead atoms. The van der Waals surface area contributed by atoms with Crippen molar-refractivity contribution in [1.82, 2.24) is 61.2 Å². The van der Waals surface area contributed by atoms with E-state index in [4.69, 9.17) is 52.5 Å². The van der Waals surface area contributed by atoms with E-state index in [2.05, 4.69) is 88.4 Å². The lowest BCUT2D eigenvalue weighted by atomic mass is 10.1. The van der Waals surface area contributed by atoms with Crippen molar-refractivity contribution in [3.05, 3.63) is 207 Å². The number of rotatable bonds is 26. The van der Waals surface area contributed by atoms with E-state index >= 15 is 0 Å². The summed E-state index contributed by atoms with van der Waals surface area (Å²) in [6, 6.07) is 52.7. The Morgan fingerprint density at radius 1 is 0.465 bits per heavy atom. The van der Waals surface area contributed by atoms with Crippen LogP contribution in [0.2, 0.25) is 0 Å². The molecule has 2 saturated carbocycles. The minimum Gasteiger partial charge on any atom is -0.497 e. The van der Waals surface area contributed by atoms with Gasteiger partial charge in [0.05, 0.1) is 46.7 Å². The number of aromatic amines is 3. The second-order valence-electron chi connectivity index (χ2n) is 21.6. The zero-order chi connectivity index (χ0) is 69.5. The van der Waals surface area contributed by atoms with Crippen molar-refractivity contribution in [2.24, 2.45) is 11.8 Å². The number of carbonyl (C=O) groups is 4. The highest BCUT2D eigenvalue weighted by molar-refractivity contribution is 9.10. The lowest BCUT2D eigenvalue weighted by molar-refractivity contribution is 0.0506. The van der Waals surface area contributed by atoms with Crippen LogP contribution >= 0.6 is 31.9 Å². The Morgan fingerprint density at radius 2 is 0.859 bits per heavy atom. The third-order valence-corrected chi connectivity index (χ3v) is 15.3. The molecule has 2 aliphatic carbocycles. The van der Waals surface area contributed by atoms with Crippen molar-refractivity contribution in [2.75, 3.05) is 40.1 Å². The molecular weight excluding hydrogens is 1410 g/mol. The standard InChI is InChI=1S/C21H21N3O4.C19H18BrN3O4.C19H17N3O4.C11H10BrN3O3/c1-2-26-21(25)19-20(23-24-22-19)28-17-10-8-15(9-11-17)16-4-3-5-18(12-16)27-13-14-6-7-14;1-3-26-19(24)17-18(27-16-10-6-14(20)7-11-16)23(22-21-17)12-13-4-8-15(25-2)9-5-13;23-19(24)17-18(21-22-20-17)26-15-8-6-13(7-9-15)14-2-1-3-16(10-14)25-11-12-4-5-12;1-2-17-11(16)9-10(14-15-13-9)18-8-5-3-7(12)4-6-8/h3-5,8-12,14H,2,6-7,13H2,1H3,(H,22,23,24);4-11H,3,12H2,1-2H3;1-3,6-10,12H,4-5,11H2,(H,23,24)(H,20,21,22);3-6H,2H2,1H3,(H,13,14,15). The van der Waals surface area contributed by atoms with Crippen molar-refractivity contribution in [2.45, 2.75) is 53.0 Å². The fourth-order valence-corrected chi connectivity index (χ4v) is 9.36. The second kappa shape index (κ2) is 35.0. The Morgan fingerprint density at radius 3 is 1.27 bits per heavy atom. The van der Waals surface area contributed by atoms with Crippen LogP contribution in [0.1, 0.15) is 94.0 Å². The number of esters is 3. The molecule has 0 aliphatic heterocycles. The fraction of sp³-hybridized carbons (Fsp3) is 0.229. The SMILES string of the molecule is CCOC(=O)c1[nH]nnc1Oc1ccc(-c2cccc(OCC3CC3)c2)cc1.CCOC(=O)c1[nH]nnc1Oc1ccc(Br)cc1.CCOC(=O)c1nnn(Cc2ccc(OC)cc2)c1Oc1ccc(Br)cc1.O=C(O)c1[nH]nnc1Oc1ccc(-c2cccc(OCC3CC3)c2)cc1. The number of benzene rings is 7. The van der Waals surface area contributed by atoms with Gasteiger partial charge in [0.15, 0.2) is 0 Å². The van der Waals surface area contributed by atoms with Crippen LogP contribution in [0.5, 0.6) is 63.8 Å². The van der Waals surface area contributed by atoms with E-state index in [1.165, 1.54) is 30.4 Å². The Hall–Kier alpha value is -11.5. The quantitative estimate of drug-likeness (QED) is 0.0289. The van der Waals surface area contributed by atoms with Crippen LogP contribution in [0.4, 0.5) is 0 Å². The number of carboxylic acid groups (broad SMARTS) is 1. The first-order chi connectivity index (χ1) is 48.2. The van der Waals surface area contributed by atoms with Gasteiger partial charge in [-0.3, -0.25) is 0 Å². The highest BCUT2D eigenvalue weighted by Crippen LogP contribution is 2.35. The van der Waals surface area contributed by atoms with Gasteiger partial charge in [0, 0.05) is 8.95 Å². The van der Waals surface area contributed by atoms with E-state index in [0.717, 1.165) is 73.1 Å². The smallest absolute Gasteiger partial charge is 0.364 e. The number of carboxylic acids is 1. The molecule has 0 amide bonds. The second-order valence-corrected chi connectivity index (χ2v) is 23.5. The lowest BCUT2D eigenvalue weighted by Crippen LogP contribution is -2.09. The van der Waals surface area contributed by atoms with Gasteiger partial charge >= 0.3 is 23.9 Å². The number of aromatic carboxylic acids is 1. The summed E-state index contributed by atoms with van der Waals surface area (Å²) >= 11 is 6.70. The molecular formula is C70H66Br2N12O15. The van der Waals surface area contributed by atoms with E-state index < -0.39 is 23.9 Å². The van der Waals surface area contributed by atoms with E-state index in [9.17, 15) is 19.2 Å². The first kappa shape index (κ1) is 70.3. The van der Waals surface area contributed by atoms with Gasteiger partial charge in [-0.25, -0.2) is 39.2 Å². The summed E-state index contributed by atoms with van der Waals surface area (Å²) in [5, 5.41) is 46.0. The molecule has 0 spiro atoms. The molecule has 11 aromatic rings. The molecule has 29 heteroatoms. The minimum atomic E-state index is -1.18. The molecule has 0 atom stereocenters. The summed E-state index contributed by atoms with van der Waals surface area (Å²) in [5.74, 6) is 3.55. The number of nitrogens with one attached hydrogen (secondary N) is 3. The molecule has 2 fully saturated rings. The molecule has 0 radical (unpaired) electrons. The summed E-state index contributed by atoms with van der Waals surface area (Å²) in [7, 11) is 1.61. The van der Waals surface area contributed by atoms with Crippen LogP contribution < -0.4 is 33.2 Å². The number of hydrogen-bond acceptors (Lipinski definition) is 22. The number of H-pyrrole nitrogens is 3. The molecule has 4 aromatic heterocycles. The van der Waals surface area contributed by atoms with Crippen LogP contribution in [0.3, 0.4) is 0 Å². The van der Waals surface area contributed by atoms with E-state index in [1.807, 2.05) is 133 Å². The minimum absolute atomic E-state index is 0.0354. The Kier molecular flexibility index (Phi) is 24.9. The first-order valence-corrected chi connectivity index (χ1v) is 32.7. The Labute approximate surface area is 583 Å². The molecule has 0 unspecified atom stereocenters. The third-order valence-electron chi connectivity index (χ3n) is 14.3. The predicted molar refractivity (Wildman–Crippen MR) is 365 cm³/mol. The van der Waals surface area contributed by atoms with Crippen molar-refractivity contribution < 1.29 is 71.7 Å². The Balaban J connectivity index is 0.000000144. The molecule has 4 N–H and O–H groups in total. The van der Waals surface area contributed by atoms with Gasteiger partial charge in [0.1, 0.15) is 40.2 Å². The molecule has 7 aromatic carbocycles. The molecule has 99 heavy (non-hydrogen) atoms. The normalized spacial score (nSPS) is 11.9. The number of hydrogen-bond donors (Lipinski definition) is 4. The monoisotopic (exact) mass is 1470 g/mol. The number of halogens is 2. The van der Waals surface area contributed by atoms with Crippen molar-refractivity contribution in [1.29, 1.82) is 0 Å². The van der Waals surface area contributed by atoms with Crippen LogP contribution in [0.25, 0.3) is 22.3 Å². The summed E-state index contributed by atoms with van der Waals surface area (Å²) in [4.78, 5) is 46.7. The van der Waals surface area contributed by atoms with Gasteiger partial charge in [-0.1, -0.05) is 129 Å². The molecule has 13 rings (SSSR count). The zero-order valence-corrected chi connectivity index (χ0v) is 57.0. The van der Waals surface area contributed by atoms with Gasteiger partial charge in [-0.15, -0.1) is 5.10 Å². The number of methoxy groups -OCH3 is 1. The van der Waals surface area contributed by atoms with E-state index in [1.54, 1.807) is 64.3 Å². The Bertz CT molecular complexity index is 4430. The van der Waals surface area contributed by atoms with Crippen LogP contribution in [-0.2, 0) is 20.8 Å². The molecule has 0 saturated heterocycles. The lowest BCUT2D eigenvalue weighted by Gasteiger charge is -2.10. The highest BCUT2D eigenvalue weighted by atomic mass is 79.9. The van der Waals surface area contributed by atoms with E-state index in [0.29, 0.717) is 35.5 Å². The first-order valence-electron chi connectivity index (χ1n) is 31.2. The number of ether oxygens (including phenoxy) is 10. The predicted octanol–water partition coefficient (Wildman–Crippen LogP) is 14.6. The summed E-state index contributed by atoms with van der Waals surface area (Å²) in [5.41, 5.74) is 5.14. The average Bonchev–Trinajstić information content (AvgIpc) is 1.69. The maximum absolute atomic E-state index is 12.2. The van der Waals surface area contributed by atoms with Gasteiger partial charge in [-0.2, -0.15) is 0 Å². The summed E-state index contributed by atoms with van der Waals surface area (Å²) in [6.07, 6.45) is 5.06. The third kappa shape index (κ3) is 20.8. The van der Waals surface area contributed by atoms with E-state index in [-0.39, 0.29) is 66.1 Å². The van der Waals surface area contributed by atoms with Crippen molar-refractivity contribution in [3.63, 3.8) is 0 Å². The zero-order valence-electron chi connectivity index (χ0n) is 53.8. The molecule has 27 nitrogen and oxygen atoms in total. The summed E-state index contributed by atoms with van der Waals surface area (Å²) < 4.78 is 57.6. The van der Waals surface area contributed by atoms with Gasteiger partial charge in [0.2, 0.25) is 22.8 Å². The van der Waals surface area contributed by atoms with Crippen LogP contribution in [0.15, 0.2) is 179 Å². The summed E-state index contributed by atoms with van der Waals surface area (Å²) in [6.45, 7) is 7.89. The van der Waals surface area contributed by atoms with Crippen LogP contribution in [-0.4, -0.2) is 130 Å². The number of aromatic nitrogens is 12. The number of nitrogens with zero attached hydrogens (tertiary/aromatic N) is 9. The molecule has 4 heterocycles. The van der Waals surface area contributed by atoms with Gasteiger partial charge in [0.25, 0.3) is 23.5 Å². The van der Waals surface area contributed by atoms with Crippen molar-refractivity contribution in [3.8, 4) is 86.0 Å². The fourth-order valence-electron chi connectivity index (χ4n) is 8.83. The largest absolute Gasteiger partial charge is 0.497 e. The maximum atomic E-state index is 12.2. The van der Waals surface area contributed by atoms with Crippen LogP contribution in [0, 0.1) is 11.8 Å². The van der Waals surface area contributed by atoms with Crippen molar-refractivity contribution >= 4 is 55.7 Å². The number of carbonyl (C=O) groups excluding carboxylic acids is 3. The maximum Gasteiger partial charge on any atom is 0.364 e.